The standard InChI is InChI=1S/C16H19N3O4/c1-11-3-4-13(23-11)15-12(16(21)22)9-14(20)19(15)7-2-6-18-8-5-17-10-18/h3-5,8,10,12,15H,2,6-7,9H2,1H3,(H,21,22)/t12-,15+/m0/s1. The summed E-state index contributed by atoms with van der Waals surface area (Å²) in [6, 6.07) is 3.02. The van der Waals surface area contributed by atoms with E-state index >= 15 is 0 Å². The first-order valence-corrected chi connectivity index (χ1v) is 7.60. The highest BCUT2D eigenvalue weighted by Crippen LogP contribution is 2.39. The number of carboxylic acids is 1. The van der Waals surface area contributed by atoms with Crippen LogP contribution in [0.5, 0.6) is 0 Å². The van der Waals surface area contributed by atoms with Crippen molar-refractivity contribution in [3.05, 3.63) is 42.4 Å². The minimum absolute atomic E-state index is 0.0187. The first-order chi connectivity index (χ1) is 11.1. The zero-order chi connectivity index (χ0) is 16.4. The molecular formula is C16H19N3O4. The van der Waals surface area contributed by atoms with Crippen LogP contribution in [0.25, 0.3) is 0 Å². The Kier molecular flexibility index (Phi) is 4.18. The number of hydrogen-bond acceptors (Lipinski definition) is 4. The molecule has 2 aromatic rings. The van der Waals surface area contributed by atoms with Crippen molar-refractivity contribution in [1.82, 2.24) is 14.5 Å². The summed E-state index contributed by atoms with van der Waals surface area (Å²) in [5.74, 6) is -0.608. The summed E-state index contributed by atoms with van der Waals surface area (Å²) < 4.78 is 7.54. The first kappa shape index (κ1) is 15.3. The van der Waals surface area contributed by atoms with Gasteiger partial charge in [-0.25, -0.2) is 4.98 Å². The van der Waals surface area contributed by atoms with Crippen LogP contribution in [0, 0.1) is 12.8 Å². The van der Waals surface area contributed by atoms with Crippen LogP contribution in [0.1, 0.15) is 30.4 Å². The fourth-order valence-electron chi connectivity index (χ4n) is 3.08. The SMILES string of the molecule is Cc1ccc([C@H]2[C@@H](C(=O)O)CC(=O)N2CCCn2ccnc2)o1. The number of aryl methyl sites for hydroxylation is 2. The number of carboxylic acid groups (broad SMARTS) is 1. The number of carbonyl (C=O) groups is 2. The van der Waals surface area contributed by atoms with Crippen LogP contribution in [0.2, 0.25) is 0 Å². The molecular weight excluding hydrogens is 298 g/mol. The van der Waals surface area contributed by atoms with Crippen LogP contribution in [-0.2, 0) is 16.1 Å². The molecule has 0 aliphatic carbocycles. The molecule has 1 saturated heterocycles. The lowest BCUT2D eigenvalue weighted by atomic mass is 9.98. The van der Waals surface area contributed by atoms with Gasteiger partial charge in [0.1, 0.15) is 17.6 Å². The number of amides is 1. The molecule has 3 heterocycles. The maximum Gasteiger partial charge on any atom is 0.309 e. The molecule has 122 valence electrons. The zero-order valence-electron chi connectivity index (χ0n) is 12.9. The van der Waals surface area contributed by atoms with Gasteiger partial charge in [-0.3, -0.25) is 9.59 Å². The number of rotatable bonds is 6. The number of furan rings is 1. The molecule has 0 radical (unpaired) electrons. The van der Waals surface area contributed by atoms with Gasteiger partial charge in [0.15, 0.2) is 0 Å². The molecule has 7 heteroatoms. The first-order valence-electron chi connectivity index (χ1n) is 7.60. The largest absolute Gasteiger partial charge is 0.481 e. The van der Waals surface area contributed by atoms with Crippen molar-refractivity contribution in [1.29, 1.82) is 0 Å². The van der Waals surface area contributed by atoms with Gasteiger partial charge in [0, 0.05) is 31.9 Å². The Morgan fingerprint density at radius 3 is 2.87 bits per heavy atom. The van der Waals surface area contributed by atoms with E-state index in [0.29, 0.717) is 18.1 Å². The van der Waals surface area contributed by atoms with Crippen LogP contribution < -0.4 is 0 Å². The van der Waals surface area contributed by atoms with E-state index in [1.807, 2.05) is 10.8 Å². The van der Waals surface area contributed by atoms with Crippen molar-refractivity contribution < 1.29 is 19.1 Å². The Hall–Kier alpha value is -2.57. The highest BCUT2D eigenvalue weighted by Gasteiger charge is 2.45. The molecule has 1 aliphatic rings. The molecule has 2 aromatic heterocycles. The Morgan fingerprint density at radius 2 is 2.26 bits per heavy atom. The minimum Gasteiger partial charge on any atom is -0.481 e. The number of nitrogens with zero attached hydrogens (tertiary/aromatic N) is 3. The number of likely N-dealkylation sites (tertiary alicyclic amines) is 1. The van der Waals surface area contributed by atoms with Crippen LogP contribution in [-0.4, -0.2) is 38.0 Å². The van der Waals surface area contributed by atoms with Gasteiger partial charge < -0.3 is 19.0 Å². The van der Waals surface area contributed by atoms with Crippen molar-refractivity contribution >= 4 is 11.9 Å². The summed E-state index contributed by atoms with van der Waals surface area (Å²) in [6.07, 6.45) is 6.03. The summed E-state index contributed by atoms with van der Waals surface area (Å²) in [7, 11) is 0. The third kappa shape index (κ3) is 3.13. The summed E-state index contributed by atoms with van der Waals surface area (Å²) >= 11 is 0. The molecule has 2 atom stereocenters. The molecule has 3 rings (SSSR count). The molecule has 0 unspecified atom stereocenters. The van der Waals surface area contributed by atoms with E-state index in [1.165, 1.54) is 0 Å². The quantitative estimate of drug-likeness (QED) is 0.878. The third-order valence-electron chi connectivity index (χ3n) is 4.18. The summed E-state index contributed by atoms with van der Waals surface area (Å²) in [5, 5.41) is 9.43. The number of aromatic nitrogens is 2. The number of hydrogen-bond donors (Lipinski definition) is 1. The summed E-state index contributed by atoms with van der Waals surface area (Å²) in [4.78, 5) is 29.4. The van der Waals surface area contributed by atoms with Crippen LogP contribution in [0.3, 0.4) is 0 Å². The van der Waals surface area contributed by atoms with Crippen molar-refractivity contribution in [3.63, 3.8) is 0 Å². The van der Waals surface area contributed by atoms with Crippen molar-refractivity contribution in [3.8, 4) is 0 Å². The van der Waals surface area contributed by atoms with E-state index < -0.39 is 17.9 Å². The second-order valence-electron chi connectivity index (χ2n) is 5.78. The van der Waals surface area contributed by atoms with Gasteiger partial charge in [0.25, 0.3) is 0 Å². The lowest BCUT2D eigenvalue weighted by Crippen LogP contribution is -2.31. The molecule has 1 N–H and O–H groups in total. The smallest absolute Gasteiger partial charge is 0.309 e. The van der Waals surface area contributed by atoms with Gasteiger partial charge in [-0.05, 0) is 25.5 Å². The normalized spacial score (nSPS) is 21.1. The molecule has 1 fully saturated rings. The van der Waals surface area contributed by atoms with Crippen LogP contribution >= 0.6 is 0 Å². The van der Waals surface area contributed by atoms with Gasteiger partial charge >= 0.3 is 5.97 Å². The Morgan fingerprint density at radius 1 is 1.43 bits per heavy atom. The second-order valence-corrected chi connectivity index (χ2v) is 5.78. The molecule has 0 saturated carbocycles. The average molecular weight is 317 g/mol. The van der Waals surface area contributed by atoms with E-state index in [0.717, 1.165) is 13.0 Å². The number of carbonyl (C=O) groups excluding carboxylic acids is 1. The van der Waals surface area contributed by atoms with Crippen molar-refractivity contribution in [2.45, 2.75) is 32.4 Å². The maximum atomic E-state index is 12.3. The predicted octanol–water partition coefficient (Wildman–Crippen LogP) is 1.85. The molecule has 0 aromatic carbocycles. The Balaban J connectivity index is 1.75. The summed E-state index contributed by atoms with van der Waals surface area (Å²) in [5.41, 5.74) is 0. The molecule has 23 heavy (non-hydrogen) atoms. The molecule has 0 bridgehead atoms. The summed E-state index contributed by atoms with van der Waals surface area (Å²) in [6.45, 7) is 3.02. The molecule has 1 aliphatic heterocycles. The van der Waals surface area contributed by atoms with Gasteiger partial charge in [-0.2, -0.15) is 0 Å². The average Bonchev–Trinajstić information content (AvgIpc) is 3.21. The lowest BCUT2D eigenvalue weighted by Gasteiger charge is -2.25. The van der Waals surface area contributed by atoms with E-state index in [9.17, 15) is 14.7 Å². The highest BCUT2D eigenvalue weighted by molar-refractivity contribution is 5.87. The molecule has 1 amide bonds. The zero-order valence-corrected chi connectivity index (χ0v) is 12.9. The predicted molar refractivity (Wildman–Crippen MR) is 80.5 cm³/mol. The van der Waals surface area contributed by atoms with Gasteiger partial charge in [-0.15, -0.1) is 0 Å². The van der Waals surface area contributed by atoms with Crippen LogP contribution in [0.15, 0.2) is 35.3 Å². The topological polar surface area (TPSA) is 88.6 Å². The molecule has 0 spiro atoms. The van der Waals surface area contributed by atoms with Gasteiger partial charge in [0.2, 0.25) is 5.91 Å². The Bertz CT molecular complexity index is 692. The minimum atomic E-state index is -0.963. The monoisotopic (exact) mass is 317 g/mol. The molecule has 7 nitrogen and oxygen atoms in total. The Labute approximate surface area is 133 Å². The van der Waals surface area contributed by atoms with Crippen molar-refractivity contribution in [2.75, 3.05) is 6.54 Å². The van der Waals surface area contributed by atoms with Gasteiger partial charge in [-0.1, -0.05) is 0 Å². The lowest BCUT2D eigenvalue weighted by molar-refractivity contribution is -0.143. The fraction of sp³-hybridized carbons (Fsp3) is 0.438. The van der Waals surface area contributed by atoms with Gasteiger partial charge in [0.05, 0.1) is 12.2 Å². The van der Waals surface area contributed by atoms with Crippen molar-refractivity contribution in [2.24, 2.45) is 5.92 Å². The third-order valence-corrected chi connectivity index (χ3v) is 4.18. The highest BCUT2D eigenvalue weighted by atomic mass is 16.4. The van der Waals surface area contributed by atoms with E-state index in [-0.39, 0.29) is 12.3 Å². The van der Waals surface area contributed by atoms with E-state index in [2.05, 4.69) is 4.98 Å². The van der Waals surface area contributed by atoms with E-state index in [1.54, 1.807) is 36.5 Å². The number of imidazole rings is 1. The van der Waals surface area contributed by atoms with E-state index in [4.69, 9.17) is 4.42 Å². The fourth-order valence-corrected chi connectivity index (χ4v) is 3.08. The maximum absolute atomic E-state index is 12.3. The second kappa shape index (κ2) is 6.28. The van der Waals surface area contributed by atoms with Crippen LogP contribution in [0.4, 0.5) is 0 Å². The number of aliphatic carboxylic acids is 1.